The maximum Gasteiger partial charge on any atom is 0.0931 e. The Labute approximate surface area is 101 Å². The lowest BCUT2D eigenvalue weighted by molar-refractivity contribution is 0.320. The molecule has 4 heteroatoms. The maximum absolute atomic E-state index is 5.88. The highest BCUT2D eigenvalue weighted by Gasteiger charge is 2.02. The number of hydrogen-bond acceptors (Lipinski definition) is 3. The van der Waals surface area contributed by atoms with Crippen molar-refractivity contribution >= 4 is 22.9 Å². The highest BCUT2D eigenvalue weighted by atomic mass is 35.5. The molecule has 0 atom stereocenters. The quantitative estimate of drug-likeness (QED) is 0.750. The van der Waals surface area contributed by atoms with Crippen LogP contribution in [0, 0.1) is 0 Å². The molecule has 0 aromatic carbocycles. The molecule has 0 fully saturated rings. The predicted octanol–water partition coefficient (Wildman–Crippen LogP) is 2.96. The van der Waals surface area contributed by atoms with Gasteiger partial charge in [-0.3, -0.25) is 0 Å². The summed E-state index contributed by atoms with van der Waals surface area (Å²) in [6, 6.07) is 4.06. The monoisotopic (exact) mass is 246 g/mol. The van der Waals surface area contributed by atoms with Crippen molar-refractivity contribution in [3.05, 3.63) is 21.3 Å². The third kappa shape index (κ3) is 5.52. The van der Waals surface area contributed by atoms with Gasteiger partial charge < -0.3 is 10.6 Å². The van der Waals surface area contributed by atoms with Crippen molar-refractivity contribution in [3.63, 3.8) is 0 Å². The van der Waals surface area contributed by atoms with E-state index in [1.807, 2.05) is 6.07 Å². The van der Waals surface area contributed by atoms with E-state index in [9.17, 15) is 0 Å². The van der Waals surface area contributed by atoms with Gasteiger partial charge in [-0.25, -0.2) is 0 Å². The van der Waals surface area contributed by atoms with Gasteiger partial charge in [0.25, 0.3) is 0 Å². The number of thiophene rings is 1. The first kappa shape index (κ1) is 13.0. The predicted molar refractivity (Wildman–Crippen MR) is 68.6 cm³/mol. The molecule has 1 aromatic heterocycles. The van der Waals surface area contributed by atoms with Crippen LogP contribution in [0.25, 0.3) is 0 Å². The summed E-state index contributed by atoms with van der Waals surface area (Å²) in [5, 5.41) is 0. The molecule has 0 aliphatic rings. The van der Waals surface area contributed by atoms with Crippen molar-refractivity contribution < 1.29 is 0 Å². The summed E-state index contributed by atoms with van der Waals surface area (Å²) >= 11 is 7.54. The molecule has 1 aromatic rings. The second kappa shape index (κ2) is 7.23. The zero-order valence-electron chi connectivity index (χ0n) is 9.21. The van der Waals surface area contributed by atoms with Crippen molar-refractivity contribution in [2.24, 2.45) is 5.73 Å². The molecule has 1 rings (SSSR count). The van der Waals surface area contributed by atoms with Gasteiger partial charge in [-0.1, -0.05) is 18.0 Å². The van der Waals surface area contributed by atoms with Crippen LogP contribution < -0.4 is 5.73 Å². The van der Waals surface area contributed by atoms with Crippen molar-refractivity contribution in [2.75, 3.05) is 20.1 Å². The van der Waals surface area contributed by atoms with Gasteiger partial charge in [0.2, 0.25) is 0 Å². The zero-order valence-corrected chi connectivity index (χ0v) is 10.8. The van der Waals surface area contributed by atoms with E-state index in [1.54, 1.807) is 11.3 Å². The number of halogens is 1. The van der Waals surface area contributed by atoms with Crippen molar-refractivity contribution in [2.45, 2.75) is 25.8 Å². The molecule has 0 amide bonds. The van der Waals surface area contributed by atoms with E-state index < -0.39 is 0 Å². The lowest BCUT2D eigenvalue weighted by Gasteiger charge is -2.14. The number of nitrogens with zero attached hydrogens (tertiary/aromatic N) is 1. The van der Waals surface area contributed by atoms with E-state index in [-0.39, 0.29) is 0 Å². The van der Waals surface area contributed by atoms with E-state index in [0.717, 1.165) is 30.4 Å². The smallest absolute Gasteiger partial charge is 0.0931 e. The average Bonchev–Trinajstić information content (AvgIpc) is 2.59. The summed E-state index contributed by atoms with van der Waals surface area (Å²) in [5.41, 5.74) is 5.45. The van der Waals surface area contributed by atoms with E-state index in [0.29, 0.717) is 0 Å². The Bertz CT molecular complexity index is 275. The molecule has 0 radical (unpaired) electrons. The van der Waals surface area contributed by atoms with Crippen molar-refractivity contribution in [3.8, 4) is 0 Å². The fourth-order valence-corrected chi connectivity index (χ4v) is 2.65. The molecule has 1 heterocycles. The van der Waals surface area contributed by atoms with Crippen LogP contribution in [0.1, 0.15) is 24.1 Å². The number of nitrogens with two attached hydrogens (primary N) is 1. The third-order valence-electron chi connectivity index (χ3n) is 2.30. The second-order valence-electron chi connectivity index (χ2n) is 3.79. The first-order valence-corrected chi connectivity index (χ1v) is 6.54. The van der Waals surface area contributed by atoms with Crippen LogP contribution in [-0.2, 0) is 6.54 Å². The highest BCUT2D eigenvalue weighted by Crippen LogP contribution is 2.22. The standard InChI is InChI=1S/C11H19ClN2S/c1-14(8-4-2-3-7-13)9-10-5-6-11(12)15-10/h5-6H,2-4,7-9,13H2,1H3. The highest BCUT2D eigenvalue weighted by molar-refractivity contribution is 7.16. The van der Waals surface area contributed by atoms with Gasteiger partial charge in [0.1, 0.15) is 0 Å². The Balaban J connectivity index is 2.15. The van der Waals surface area contributed by atoms with Gasteiger partial charge in [-0.2, -0.15) is 0 Å². The lowest BCUT2D eigenvalue weighted by atomic mass is 10.2. The molecule has 0 spiro atoms. The number of hydrogen-bond donors (Lipinski definition) is 1. The van der Waals surface area contributed by atoms with E-state index >= 15 is 0 Å². The summed E-state index contributed by atoms with van der Waals surface area (Å²) in [4.78, 5) is 3.67. The lowest BCUT2D eigenvalue weighted by Crippen LogP contribution is -2.18. The Hall–Kier alpha value is -0.0900. The molecule has 0 aliphatic heterocycles. The average molecular weight is 247 g/mol. The van der Waals surface area contributed by atoms with E-state index in [4.69, 9.17) is 17.3 Å². The summed E-state index contributed by atoms with van der Waals surface area (Å²) in [6.07, 6.45) is 3.59. The molecule has 0 unspecified atom stereocenters. The van der Waals surface area contributed by atoms with Crippen LogP contribution in [0.3, 0.4) is 0 Å². The summed E-state index contributed by atoms with van der Waals surface area (Å²) in [6.45, 7) is 2.94. The SMILES string of the molecule is CN(CCCCCN)Cc1ccc(Cl)s1. The maximum atomic E-state index is 5.88. The first-order valence-electron chi connectivity index (χ1n) is 5.35. The van der Waals surface area contributed by atoms with Gasteiger partial charge in [0.15, 0.2) is 0 Å². The zero-order chi connectivity index (χ0) is 11.1. The molecule has 2 N–H and O–H groups in total. The summed E-state index contributed by atoms with van der Waals surface area (Å²) in [7, 11) is 2.15. The minimum absolute atomic E-state index is 0.810. The number of rotatable bonds is 7. The van der Waals surface area contributed by atoms with Crippen LogP contribution in [0.15, 0.2) is 12.1 Å². The molecule has 86 valence electrons. The van der Waals surface area contributed by atoms with Gasteiger partial charge in [-0.05, 0) is 45.1 Å². The Kier molecular flexibility index (Phi) is 6.25. The van der Waals surface area contributed by atoms with Crippen LogP contribution in [0.5, 0.6) is 0 Å². The normalized spacial score (nSPS) is 11.2. The molecular weight excluding hydrogens is 228 g/mol. The minimum Gasteiger partial charge on any atom is -0.330 e. The minimum atomic E-state index is 0.810. The molecule has 0 bridgehead atoms. The molecule has 2 nitrogen and oxygen atoms in total. The molecule has 0 aliphatic carbocycles. The topological polar surface area (TPSA) is 29.3 Å². The van der Waals surface area contributed by atoms with Crippen LogP contribution in [0.4, 0.5) is 0 Å². The van der Waals surface area contributed by atoms with E-state index in [2.05, 4.69) is 18.0 Å². The Morgan fingerprint density at radius 1 is 1.33 bits per heavy atom. The van der Waals surface area contributed by atoms with Crippen molar-refractivity contribution in [1.82, 2.24) is 4.90 Å². The fourth-order valence-electron chi connectivity index (χ4n) is 1.48. The number of unbranched alkanes of at least 4 members (excludes halogenated alkanes) is 2. The largest absolute Gasteiger partial charge is 0.330 e. The molecule has 0 saturated carbocycles. The molecular formula is C11H19ClN2S. The third-order valence-corrected chi connectivity index (χ3v) is 3.51. The fraction of sp³-hybridized carbons (Fsp3) is 0.636. The van der Waals surface area contributed by atoms with Crippen LogP contribution in [0.2, 0.25) is 4.34 Å². The van der Waals surface area contributed by atoms with Gasteiger partial charge in [0, 0.05) is 11.4 Å². The molecule has 15 heavy (non-hydrogen) atoms. The van der Waals surface area contributed by atoms with Crippen molar-refractivity contribution in [1.29, 1.82) is 0 Å². The summed E-state index contributed by atoms with van der Waals surface area (Å²) in [5.74, 6) is 0. The van der Waals surface area contributed by atoms with Gasteiger partial charge in [-0.15, -0.1) is 11.3 Å². The first-order chi connectivity index (χ1) is 7.22. The van der Waals surface area contributed by atoms with Crippen LogP contribution >= 0.6 is 22.9 Å². The second-order valence-corrected chi connectivity index (χ2v) is 5.59. The molecule has 0 saturated heterocycles. The Morgan fingerprint density at radius 2 is 2.13 bits per heavy atom. The van der Waals surface area contributed by atoms with Gasteiger partial charge >= 0.3 is 0 Å². The Morgan fingerprint density at radius 3 is 2.73 bits per heavy atom. The van der Waals surface area contributed by atoms with Crippen LogP contribution in [-0.4, -0.2) is 25.0 Å². The van der Waals surface area contributed by atoms with E-state index in [1.165, 1.54) is 17.7 Å². The summed E-state index contributed by atoms with van der Waals surface area (Å²) < 4.78 is 0.876. The van der Waals surface area contributed by atoms with Gasteiger partial charge in [0.05, 0.1) is 4.34 Å².